The summed E-state index contributed by atoms with van der Waals surface area (Å²) in [5.74, 6) is 0.939. The van der Waals surface area contributed by atoms with E-state index in [1.165, 1.54) is 0 Å². The monoisotopic (exact) mass is 528 g/mol. The molecule has 0 spiro atoms. The van der Waals surface area contributed by atoms with Crippen molar-refractivity contribution >= 4 is 11.8 Å². The number of carbonyl (C=O) groups excluding carboxylic acids is 1. The lowest BCUT2D eigenvalue weighted by atomic mass is 9.81. The lowest BCUT2D eigenvalue weighted by Gasteiger charge is -2.34. The first-order valence-corrected chi connectivity index (χ1v) is 13.8. The number of aliphatic hydroxyl groups is 2. The van der Waals surface area contributed by atoms with Crippen molar-refractivity contribution in [1.82, 2.24) is 5.32 Å². The molecule has 1 heterocycles. The number of carbonyl (C=O) groups is 1. The van der Waals surface area contributed by atoms with E-state index >= 15 is 0 Å². The molecule has 1 fully saturated rings. The number of hydrogen-bond acceptors (Lipinski definition) is 6. The second-order valence-electron chi connectivity index (χ2n) is 10.3. The van der Waals surface area contributed by atoms with Gasteiger partial charge in [-0.25, -0.2) is 4.99 Å². The van der Waals surface area contributed by atoms with E-state index in [0.29, 0.717) is 43.9 Å². The Morgan fingerprint density at radius 3 is 2.28 bits per heavy atom. The molecule has 1 aliphatic heterocycles. The van der Waals surface area contributed by atoms with Crippen molar-refractivity contribution in [2.75, 3.05) is 13.2 Å². The molecular formula is C32H36N2O5. The Morgan fingerprint density at radius 2 is 1.62 bits per heavy atom. The van der Waals surface area contributed by atoms with Gasteiger partial charge in [0.2, 0.25) is 5.90 Å². The molecule has 2 aliphatic rings. The van der Waals surface area contributed by atoms with E-state index in [1.807, 2.05) is 84.9 Å². The first-order valence-electron chi connectivity index (χ1n) is 13.8. The third kappa shape index (κ3) is 6.32. The van der Waals surface area contributed by atoms with E-state index < -0.39 is 11.6 Å². The molecule has 0 unspecified atom stereocenters. The fraction of sp³-hybridized carbons (Fsp3) is 0.375. The number of amides is 1. The Labute approximate surface area is 229 Å². The number of aliphatic imine (C=N–C) groups is 1. The topological polar surface area (TPSA) is 100 Å². The molecule has 0 saturated heterocycles. The predicted molar refractivity (Wildman–Crippen MR) is 150 cm³/mol. The minimum atomic E-state index is -1.22. The summed E-state index contributed by atoms with van der Waals surface area (Å²) in [6.07, 6.45) is 2.84. The molecule has 5 rings (SSSR count). The molecule has 7 heteroatoms. The normalized spacial score (nSPS) is 24.5. The lowest BCUT2D eigenvalue weighted by molar-refractivity contribution is -0.130. The van der Waals surface area contributed by atoms with Crippen molar-refractivity contribution in [3.8, 4) is 5.75 Å². The molecular weight excluding hydrogens is 492 g/mol. The van der Waals surface area contributed by atoms with Crippen molar-refractivity contribution in [3.05, 3.63) is 102 Å². The van der Waals surface area contributed by atoms with Crippen LogP contribution in [0, 0.1) is 0 Å². The third-order valence-corrected chi connectivity index (χ3v) is 7.48. The van der Waals surface area contributed by atoms with Crippen molar-refractivity contribution in [2.24, 2.45) is 4.99 Å². The molecule has 0 bridgehead atoms. The van der Waals surface area contributed by atoms with Crippen LogP contribution in [-0.4, -0.2) is 52.9 Å². The quantitative estimate of drug-likeness (QED) is 0.340. The van der Waals surface area contributed by atoms with E-state index in [-0.39, 0.29) is 24.7 Å². The Morgan fingerprint density at radius 1 is 0.949 bits per heavy atom. The van der Waals surface area contributed by atoms with Gasteiger partial charge in [0.25, 0.3) is 5.91 Å². The zero-order valence-corrected chi connectivity index (χ0v) is 22.0. The van der Waals surface area contributed by atoms with Gasteiger partial charge in [-0.1, -0.05) is 60.7 Å². The molecule has 39 heavy (non-hydrogen) atoms. The maximum atomic E-state index is 14.3. The number of hydrogen-bond donors (Lipinski definition) is 3. The van der Waals surface area contributed by atoms with Gasteiger partial charge in [0.15, 0.2) is 11.6 Å². The number of ether oxygens (including phenoxy) is 2. The summed E-state index contributed by atoms with van der Waals surface area (Å²) in [7, 11) is 0. The molecule has 1 aliphatic carbocycles. The van der Waals surface area contributed by atoms with E-state index in [1.54, 1.807) is 0 Å². The molecule has 0 aromatic heterocycles. The SMILES string of the molecule is O=C(NC1CCC(O)CC1)[C@]1(Cc2ccccc2)N=C(c2ccc(OCCCO)cc2)O[C@@H]1c1ccccc1. The Kier molecular flexibility index (Phi) is 8.59. The predicted octanol–water partition coefficient (Wildman–Crippen LogP) is 4.37. The minimum Gasteiger partial charge on any atom is -0.494 e. The average Bonchev–Trinajstić information content (AvgIpc) is 3.36. The average molecular weight is 529 g/mol. The zero-order valence-electron chi connectivity index (χ0n) is 22.0. The molecule has 1 amide bonds. The highest BCUT2D eigenvalue weighted by atomic mass is 16.5. The second kappa shape index (κ2) is 12.5. The van der Waals surface area contributed by atoms with Gasteiger partial charge >= 0.3 is 0 Å². The van der Waals surface area contributed by atoms with Crippen LogP contribution in [0.25, 0.3) is 0 Å². The number of aliphatic hydroxyl groups excluding tert-OH is 2. The van der Waals surface area contributed by atoms with Crippen LogP contribution in [0.15, 0.2) is 89.9 Å². The van der Waals surface area contributed by atoms with Crippen LogP contribution in [0.2, 0.25) is 0 Å². The molecule has 204 valence electrons. The highest BCUT2D eigenvalue weighted by Gasteiger charge is 2.53. The van der Waals surface area contributed by atoms with Crippen LogP contribution in [0.3, 0.4) is 0 Å². The van der Waals surface area contributed by atoms with Gasteiger partial charge in [0.1, 0.15) is 5.75 Å². The van der Waals surface area contributed by atoms with Crippen LogP contribution in [-0.2, 0) is 16.0 Å². The largest absolute Gasteiger partial charge is 0.494 e. The highest BCUT2D eigenvalue weighted by Crippen LogP contribution is 2.42. The van der Waals surface area contributed by atoms with Gasteiger partial charge in [-0.2, -0.15) is 0 Å². The maximum absolute atomic E-state index is 14.3. The summed E-state index contributed by atoms with van der Waals surface area (Å²) in [4.78, 5) is 19.4. The summed E-state index contributed by atoms with van der Waals surface area (Å²) >= 11 is 0. The van der Waals surface area contributed by atoms with Crippen molar-refractivity contribution in [3.63, 3.8) is 0 Å². The first kappa shape index (κ1) is 26.9. The number of nitrogens with one attached hydrogen (secondary N) is 1. The molecule has 7 nitrogen and oxygen atoms in total. The third-order valence-electron chi connectivity index (χ3n) is 7.48. The van der Waals surface area contributed by atoms with Gasteiger partial charge in [-0.15, -0.1) is 0 Å². The summed E-state index contributed by atoms with van der Waals surface area (Å²) in [6.45, 7) is 0.512. The van der Waals surface area contributed by atoms with Crippen molar-refractivity contribution < 1.29 is 24.5 Å². The number of benzene rings is 3. The summed E-state index contributed by atoms with van der Waals surface area (Å²) < 4.78 is 12.2. The van der Waals surface area contributed by atoms with Crippen LogP contribution in [0.1, 0.15) is 54.9 Å². The van der Waals surface area contributed by atoms with E-state index in [0.717, 1.165) is 29.5 Å². The molecule has 3 aromatic carbocycles. The summed E-state index contributed by atoms with van der Waals surface area (Å²) in [6, 6.07) is 27.2. The first-order chi connectivity index (χ1) is 19.1. The Balaban J connectivity index is 1.51. The van der Waals surface area contributed by atoms with Crippen molar-refractivity contribution in [2.45, 2.75) is 62.3 Å². The lowest BCUT2D eigenvalue weighted by Crippen LogP contribution is -2.53. The van der Waals surface area contributed by atoms with Gasteiger partial charge in [0, 0.05) is 31.1 Å². The summed E-state index contributed by atoms with van der Waals surface area (Å²) in [5, 5.41) is 22.3. The second-order valence-corrected chi connectivity index (χ2v) is 10.3. The molecule has 3 N–H and O–H groups in total. The molecule has 3 aromatic rings. The van der Waals surface area contributed by atoms with Gasteiger partial charge in [0.05, 0.1) is 12.7 Å². The van der Waals surface area contributed by atoms with Crippen LogP contribution in [0.4, 0.5) is 0 Å². The van der Waals surface area contributed by atoms with E-state index in [2.05, 4.69) is 5.32 Å². The molecule has 2 atom stereocenters. The van der Waals surface area contributed by atoms with Crippen LogP contribution in [0.5, 0.6) is 5.75 Å². The van der Waals surface area contributed by atoms with E-state index in [4.69, 9.17) is 19.6 Å². The number of rotatable bonds is 10. The highest BCUT2D eigenvalue weighted by molar-refractivity contribution is 6.01. The molecule has 1 saturated carbocycles. The smallest absolute Gasteiger partial charge is 0.252 e. The standard InChI is InChI=1S/C32H36N2O5/c35-20-7-21-38-28-18-12-25(13-19-28)30-34-32(22-23-8-3-1-4-9-23,29(39-30)24-10-5-2-6-11-24)31(37)33-26-14-16-27(36)17-15-26/h1-6,8-13,18-19,26-27,29,35-36H,7,14-17,20-22H2,(H,33,37)/t26?,27?,29-,32-/m1/s1. The van der Waals surface area contributed by atoms with Gasteiger partial charge in [-0.3, -0.25) is 4.79 Å². The van der Waals surface area contributed by atoms with Crippen LogP contribution >= 0.6 is 0 Å². The summed E-state index contributed by atoms with van der Waals surface area (Å²) in [5.41, 5.74) is 1.41. The minimum absolute atomic E-state index is 0.0143. The van der Waals surface area contributed by atoms with Crippen molar-refractivity contribution in [1.29, 1.82) is 0 Å². The fourth-order valence-electron chi connectivity index (χ4n) is 5.35. The Bertz CT molecular complexity index is 1240. The zero-order chi connectivity index (χ0) is 27.1. The van der Waals surface area contributed by atoms with Crippen LogP contribution < -0.4 is 10.1 Å². The van der Waals surface area contributed by atoms with Gasteiger partial charge in [-0.05, 0) is 61.1 Å². The number of nitrogens with zero attached hydrogens (tertiary/aromatic N) is 1. The van der Waals surface area contributed by atoms with E-state index in [9.17, 15) is 9.90 Å². The Hall–Kier alpha value is -3.68. The van der Waals surface area contributed by atoms with Gasteiger partial charge < -0.3 is 25.0 Å². The fourth-order valence-corrected chi connectivity index (χ4v) is 5.35. The maximum Gasteiger partial charge on any atom is 0.252 e. The molecule has 0 radical (unpaired) electrons.